The zero-order valence-electron chi connectivity index (χ0n) is 12.4. The Hall–Kier alpha value is -0.0800. The van der Waals surface area contributed by atoms with Gasteiger partial charge in [0.2, 0.25) is 0 Å². The van der Waals surface area contributed by atoms with Gasteiger partial charge in [0, 0.05) is 5.41 Å². The molecule has 0 fully saturated rings. The highest BCUT2D eigenvalue weighted by Gasteiger charge is 2.25. The molecule has 0 aliphatic rings. The van der Waals surface area contributed by atoms with E-state index in [2.05, 4.69) is 55.4 Å². The molecule has 0 amide bonds. The summed E-state index contributed by atoms with van der Waals surface area (Å²) in [6.07, 6.45) is 1.03. The normalized spacial score (nSPS) is 14.2. The van der Waals surface area contributed by atoms with Gasteiger partial charge < -0.3 is 9.47 Å². The fourth-order valence-electron chi connectivity index (χ4n) is 0.946. The largest absolute Gasteiger partial charge is 0.375 e. The average Bonchev–Trinajstić information content (AvgIpc) is 2.12. The molecule has 0 saturated carbocycles. The van der Waals surface area contributed by atoms with E-state index in [0.29, 0.717) is 0 Å². The average molecular weight is 230 g/mol. The Labute approximate surface area is 102 Å². The first-order valence-corrected chi connectivity index (χ1v) is 6.25. The third-order valence-corrected chi connectivity index (χ3v) is 2.60. The molecule has 2 nitrogen and oxygen atoms in total. The van der Waals surface area contributed by atoms with Gasteiger partial charge in [0.05, 0.1) is 24.4 Å². The van der Waals surface area contributed by atoms with E-state index in [9.17, 15) is 0 Å². The third-order valence-electron chi connectivity index (χ3n) is 2.60. The first-order chi connectivity index (χ1) is 6.97. The van der Waals surface area contributed by atoms with Gasteiger partial charge in [-0.25, -0.2) is 0 Å². The molecule has 0 aliphatic heterocycles. The van der Waals surface area contributed by atoms with Gasteiger partial charge >= 0.3 is 0 Å². The summed E-state index contributed by atoms with van der Waals surface area (Å²) in [6.45, 7) is 18.5. The van der Waals surface area contributed by atoms with E-state index in [1.54, 1.807) is 0 Å². The van der Waals surface area contributed by atoms with E-state index in [1.807, 2.05) is 0 Å². The lowest BCUT2D eigenvalue weighted by Gasteiger charge is -2.33. The molecule has 0 saturated heterocycles. The van der Waals surface area contributed by atoms with Crippen LogP contribution < -0.4 is 0 Å². The highest BCUT2D eigenvalue weighted by atomic mass is 16.5. The summed E-state index contributed by atoms with van der Waals surface area (Å²) in [6, 6.07) is 0. The van der Waals surface area contributed by atoms with Crippen molar-refractivity contribution >= 4 is 0 Å². The van der Waals surface area contributed by atoms with Crippen molar-refractivity contribution in [1.29, 1.82) is 0 Å². The lowest BCUT2D eigenvalue weighted by molar-refractivity contribution is -0.101. The van der Waals surface area contributed by atoms with Gasteiger partial charge in [-0.3, -0.25) is 0 Å². The Kier molecular flexibility index (Phi) is 5.48. The molecule has 2 heteroatoms. The van der Waals surface area contributed by atoms with E-state index in [4.69, 9.17) is 9.47 Å². The first-order valence-electron chi connectivity index (χ1n) is 6.25. The van der Waals surface area contributed by atoms with Gasteiger partial charge in [-0.2, -0.15) is 0 Å². The molecule has 0 radical (unpaired) electrons. The van der Waals surface area contributed by atoms with E-state index in [-0.39, 0.29) is 16.6 Å². The van der Waals surface area contributed by atoms with Gasteiger partial charge in [-0.05, 0) is 41.0 Å². The van der Waals surface area contributed by atoms with Gasteiger partial charge in [-0.15, -0.1) is 0 Å². The van der Waals surface area contributed by atoms with Crippen LogP contribution in [-0.4, -0.2) is 24.4 Å². The second kappa shape index (κ2) is 5.50. The standard InChI is InChI=1S/C14H30O2/c1-9-14(7,8)16-11-13(5,6)10-15-12(2,3)4/h9-11H2,1-8H3. The highest BCUT2D eigenvalue weighted by Crippen LogP contribution is 2.23. The minimum atomic E-state index is -0.0719. The van der Waals surface area contributed by atoms with Crippen LogP contribution in [0, 0.1) is 5.41 Å². The van der Waals surface area contributed by atoms with E-state index in [1.165, 1.54) is 0 Å². The zero-order valence-corrected chi connectivity index (χ0v) is 12.4. The van der Waals surface area contributed by atoms with Crippen molar-refractivity contribution in [1.82, 2.24) is 0 Å². The molecule has 0 heterocycles. The zero-order chi connectivity index (χ0) is 13.0. The van der Waals surface area contributed by atoms with Crippen molar-refractivity contribution in [2.45, 2.75) is 73.0 Å². The molecule has 0 N–H and O–H groups in total. The topological polar surface area (TPSA) is 18.5 Å². The monoisotopic (exact) mass is 230 g/mol. The van der Waals surface area contributed by atoms with Crippen molar-refractivity contribution in [3.05, 3.63) is 0 Å². The molecule has 0 spiro atoms. The Morgan fingerprint density at radius 1 is 0.750 bits per heavy atom. The van der Waals surface area contributed by atoms with Crippen molar-refractivity contribution < 1.29 is 9.47 Å². The van der Waals surface area contributed by atoms with Crippen LogP contribution in [0.15, 0.2) is 0 Å². The Bertz CT molecular complexity index is 199. The maximum Gasteiger partial charge on any atom is 0.0624 e. The molecule has 0 aliphatic carbocycles. The second-order valence-electron chi connectivity index (χ2n) is 6.97. The molecule has 0 aromatic heterocycles. The maximum absolute atomic E-state index is 5.93. The summed E-state index contributed by atoms with van der Waals surface area (Å²) in [5, 5.41) is 0. The van der Waals surface area contributed by atoms with Gasteiger partial charge in [-0.1, -0.05) is 20.8 Å². The second-order valence-corrected chi connectivity index (χ2v) is 6.97. The van der Waals surface area contributed by atoms with Crippen LogP contribution in [0.25, 0.3) is 0 Å². The SMILES string of the molecule is CCC(C)(C)OCC(C)(C)COC(C)(C)C. The van der Waals surface area contributed by atoms with Crippen molar-refractivity contribution in [3.8, 4) is 0 Å². The fraction of sp³-hybridized carbons (Fsp3) is 1.00. The number of hydrogen-bond acceptors (Lipinski definition) is 2. The number of rotatable bonds is 6. The van der Waals surface area contributed by atoms with E-state index in [0.717, 1.165) is 19.6 Å². The van der Waals surface area contributed by atoms with Gasteiger partial charge in [0.1, 0.15) is 0 Å². The molecular formula is C14H30O2. The lowest BCUT2D eigenvalue weighted by Crippen LogP contribution is -2.35. The van der Waals surface area contributed by atoms with Crippen LogP contribution in [0.2, 0.25) is 0 Å². The summed E-state index contributed by atoms with van der Waals surface area (Å²) in [7, 11) is 0. The summed E-state index contributed by atoms with van der Waals surface area (Å²) < 4.78 is 11.7. The van der Waals surface area contributed by atoms with Crippen LogP contribution in [0.4, 0.5) is 0 Å². The summed E-state index contributed by atoms with van der Waals surface area (Å²) in [4.78, 5) is 0. The third kappa shape index (κ3) is 8.12. The molecule has 0 rings (SSSR count). The van der Waals surface area contributed by atoms with Gasteiger partial charge in [0.25, 0.3) is 0 Å². The Morgan fingerprint density at radius 3 is 1.56 bits per heavy atom. The summed E-state index contributed by atoms with van der Waals surface area (Å²) >= 11 is 0. The van der Waals surface area contributed by atoms with E-state index >= 15 is 0 Å². The molecule has 0 atom stereocenters. The number of ether oxygens (including phenoxy) is 2. The van der Waals surface area contributed by atoms with Crippen LogP contribution in [0.5, 0.6) is 0 Å². The Morgan fingerprint density at radius 2 is 1.19 bits per heavy atom. The molecule has 0 unspecified atom stereocenters. The molecule has 0 aromatic rings. The van der Waals surface area contributed by atoms with Crippen LogP contribution >= 0.6 is 0 Å². The lowest BCUT2D eigenvalue weighted by atomic mass is 9.95. The van der Waals surface area contributed by atoms with Crippen LogP contribution in [0.3, 0.4) is 0 Å². The summed E-state index contributed by atoms with van der Waals surface area (Å²) in [5.74, 6) is 0. The molecule has 16 heavy (non-hydrogen) atoms. The van der Waals surface area contributed by atoms with Crippen LogP contribution in [-0.2, 0) is 9.47 Å². The molecule has 98 valence electrons. The minimum absolute atomic E-state index is 0.0288. The number of hydrogen-bond donors (Lipinski definition) is 0. The fourth-order valence-corrected chi connectivity index (χ4v) is 0.946. The maximum atomic E-state index is 5.93. The van der Waals surface area contributed by atoms with Crippen molar-refractivity contribution in [3.63, 3.8) is 0 Å². The predicted octanol–water partition coefficient (Wildman–Crippen LogP) is 4.03. The predicted molar refractivity (Wildman–Crippen MR) is 69.8 cm³/mol. The highest BCUT2D eigenvalue weighted by molar-refractivity contribution is 4.73. The minimum Gasteiger partial charge on any atom is -0.375 e. The Balaban J connectivity index is 4.06. The van der Waals surface area contributed by atoms with Crippen LogP contribution in [0.1, 0.15) is 61.8 Å². The summed E-state index contributed by atoms with van der Waals surface area (Å²) in [5.41, 5.74) is -0.0315. The van der Waals surface area contributed by atoms with Crippen molar-refractivity contribution in [2.24, 2.45) is 5.41 Å². The quantitative estimate of drug-likeness (QED) is 0.686. The molecular weight excluding hydrogens is 200 g/mol. The molecule has 0 bridgehead atoms. The van der Waals surface area contributed by atoms with Gasteiger partial charge in [0.15, 0.2) is 0 Å². The smallest absolute Gasteiger partial charge is 0.0624 e. The molecule has 0 aromatic carbocycles. The van der Waals surface area contributed by atoms with E-state index < -0.39 is 0 Å². The van der Waals surface area contributed by atoms with Crippen molar-refractivity contribution in [2.75, 3.05) is 13.2 Å². The first kappa shape index (κ1) is 15.9.